The van der Waals surface area contributed by atoms with Crippen LogP contribution in [0.3, 0.4) is 0 Å². The van der Waals surface area contributed by atoms with Crippen molar-refractivity contribution < 1.29 is 13.6 Å². The molecule has 106 valence electrons. The van der Waals surface area contributed by atoms with Gasteiger partial charge in [0.15, 0.2) is 0 Å². The first-order valence-electron chi connectivity index (χ1n) is 6.31. The monoisotopic (exact) mass is 277 g/mol. The standard InChI is InChI=1S/C11H23N3O3S/c1-3-4-9-18(16,17)14-7-5-11(2,6-8-14)10(12)13-15/h15H,3-9H2,1-2H3,(H2,12,13). The van der Waals surface area contributed by atoms with E-state index in [9.17, 15) is 8.42 Å². The molecule has 0 bridgehead atoms. The molecule has 0 spiro atoms. The van der Waals surface area contributed by atoms with Crippen LogP contribution in [-0.4, -0.2) is 42.6 Å². The number of nitrogens with two attached hydrogens (primary N) is 1. The number of hydrogen-bond donors (Lipinski definition) is 2. The highest BCUT2D eigenvalue weighted by molar-refractivity contribution is 7.89. The summed E-state index contributed by atoms with van der Waals surface area (Å²) < 4.78 is 25.5. The van der Waals surface area contributed by atoms with Gasteiger partial charge in [-0.05, 0) is 19.3 Å². The van der Waals surface area contributed by atoms with Crippen LogP contribution in [0.15, 0.2) is 5.16 Å². The highest BCUT2D eigenvalue weighted by Gasteiger charge is 2.37. The Labute approximate surface area is 109 Å². The van der Waals surface area contributed by atoms with Crippen molar-refractivity contribution in [2.75, 3.05) is 18.8 Å². The Morgan fingerprint density at radius 3 is 2.44 bits per heavy atom. The third-order valence-corrected chi connectivity index (χ3v) is 5.66. The van der Waals surface area contributed by atoms with Crippen LogP contribution in [0.4, 0.5) is 0 Å². The maximum absolute atomic E-state index is 12.0. The molecular weight excluding hydrogens is 254 g/mol. The number of piperidine rings is 1. The fraction of sp³-hybridized carbons (Fsp3) is 0.909. The van der Waals surface area contributed by atoms with Crippen molar-refractivity contribution in [3.8, 4) is 0 Å². The fourth-order valence-corrected chi connectivity index (χ4v) is 3.74. The van der Waals surface area contributed by atoms with Gasteiger partial charge >= 0.3 is 0 Å². The van der Waals surface area contributed by atoms with Crippen LogP contribution in [0, 0.1) is 5.41 Å². The second-order valence-electron chi connectivity index (χ2n) is 5.11. The molecule has 0 unspecified atom stereocenters. The number of amidine groups is 1. The minimum Gasteiger partial charge on any atom is -0.409 e. The summed E-state index contributed by atoms with van der Waals surface area (Å²) in [7, 11) is -3.14. The van der Waals surface area contributed by atoms with E-state index in [-0.39, 0.29) is 11.6 Å². The van der Waals surface area contributed by atoms with Gasteiger partial charge in [0.05, 0.1) is 5.75 Å². The first-order chi connectivity index (χ1) is 8.35. The lowest BCUT2D eigenvalue weighted by Crippen LogP contribution is -2.47. The van der Waals surface area contributed by atoms with Gasteiger partial charge in [-0.2, -0.15) is 0 Å². The van der Waals surface area contributed by atoms with Gasteiger partial charge in [-0.3, -0.25) is 0 Å². The number of nitrogens with zero attached hydrogens (tertiary/aromatic N) is 2. The summed E-state index contributed by atoms with van der Waals surface area (Å²) >= 11 is 0. The van der Waals surface area contributed by atoms with Gasteiger partial charge < -0.3 is 10.9 Å². The van der Waals surface area contributed by atoms with Crippen molar-refractivity contribution in [1.29, 1.82) is 0 Å². The molecule has 1 fully saturated rings. The predicted molar refractivity (Wildman–Crippen MR) is 71.0 cm³/mol. The largest absolute Gasteiger partial charge is 0.409 e. The first-order valence-corrected chi connectivity index (χ1v) is 7.92. The molecule has 1 heterocycles. The molecule has 1 aliphatic rings. The molecule has 0 atom stereocenters. The lowest BCUT2D eigenvalue weighted by molar-refractivity contribution is 0.229. The van der Waals surface area contributed by atoms with E-state index in [0.717, 1.165) is 6.42 Å². The molecule has 0 amide bonds. The Morgan fingerprint density at radius 1 is 1.44 bits per heavy atom. The van der Waals surface area contributed by atoms with Gasteiger partial charge in [0.2, 0.25) is 10.0 Å². The number of hydrogen-bond acceptors (Lipinski definition) is 4. The molecule has 0 aliphatic carbocycles. The van der Waals surface area contributed by atoms with E-state index in [1.165, 1.54) is 4.31 Å². The van der Waals surface area contributed by atoms with Gasteiger partial charge in [0, 0.05) is 18.5 Å². The second kappa shape index (κ2) is 5.88. The third kappa shape index (κ3) is 3.35. The molecule has 0 aromatic carbocycles. The van der Waals surface area contributed by atoms with E-state index in [2.05, 4.69) is 5.16 Å². The maximum atomic E-state index is 12.0. The highest BCUT2D eigenvalue weighted by atomic mass is 32.2. The maximum Gasteiger partial charge on any atom is 0.214 e. The fourth-order valence-electron chi connectivity index (χ4n) is 2.09. The minimum absolute atomic E-state index is 0.188. The van der Waals surface area contributed by atoms with Crippen molar-refractivity contribution in [2.45, 2.75) is 39.5 Å². The van der Waals surface area contributed by atoms with Crippen molar-refractivity contribution in [3.05, 3.63) is 0 Å². The Morgan fingerprint density at radius 2 is 2.00 bits per heavy atom. The van der Waals surface area contributed by atoms with E-state index in [4.69, 9.17) is 10.9 Å². The van der Waals surface area contributed by atoms with Crippen molar-refractivity contribution in [2.24, 2.45) is 16.3 Å². The van der Waals surface area contributed by atoms with Crippen molar-refractivity contribution >= 4 is 15.9 Å². The van der Waals surface area contributed by atoms with Gasteiger partial charge in [0.25, 0.3) is 0 Å². The first kappa shape index (κ1) is 15.2. The molecule has 1 rings (SSSR count). The lowest BCUT2D eigenvalue weighted by Gasteiger charge is -2.37. The van der Waals surface area contributed by atoms with Crippen LogP contribution in [0.5, 0.6) is 0 Å². The molecule has 1 saturated heterocycles. The predicted octanol–water partition coefficient (Wildman–Crippen LogP) is 0.965. The number of rotatable bonds is 5. The molecule has 18 heavy (non-hydrogen) atoms. The zero-order valence-corrected chi connectivity index (χ0v) is 11.9. The summed E-state index contributed by atoms with van der Waals surface area (Å²) in [6.07, 6.45) is 2.74. The molecule has 7 heteroatoms. The summed E-state index contributed by atoms with van der Waals surface area (Å²) in [5.41, 5.74) is 5.25. The third-order valence-electron chi connectivity index (χ3n) is 3.70. The highest BCUT2D eigenvalue weighted by Crippen LogP contribution is 2.32. The Balaban J connectivity index is 2.64. The zero-order valence-electron chi connectivity index (χ0n) is 11.1. The Hall–Kier alpha value is -0.820. The zero-order chi connectivity index (χ0) is 13.8. The SMILES string of the molecule is CCCCS(=O)(=O)N1CCC(C)(C(N)=NO)CC1. The van der Waals surface area contributed by atoms with Gasteiger partial charge in [-0.25, -0.2) is 12.7 Å². The summed E-state index contributed by atoms with van der Waals surface area (Å²) in [5.74, 6) is 0.400. The van der Waals surface area contributed by atoms with E-state index in [0.29, 0.717) is 32.4 Å². The van der Waals surface area contributed by atoms with Crippen LogP contribution >= 0.6 is 0 Å². The second-order valence-corrected chi connectivity index (χ2v) is 7.20. The summed E-state index contributed by atoms with van der Waals surface area (Å²) in [6.45, 7) is 4.76. The van der Waals surface area contributed by atoms with Crippen LogP contribution in [0.25, 0.3) is 0 Å². The molecule has 0 aromatic rings. The lowest BCUT2D eigenvalue weighted by atomic mass is 9.80. The summed E-state index contributed by atoms with van der Waals surface area (Å²) in [6, 6.07) is 0. The van der Waals surface area contributed by atoms with E-state index in [1.54, 1.807) is 0 Å². The molecule has 1 aliphatic heterocycles. The molecule has 0 saturated carbocycles. The molecular formula is C11H23N3O3S. The summed E-state index contributed by atoms with van der Waals surface area (Å²) in [4.78, 5) is 0. The molecule has 0 aromatic heterocycles. The Bertz CT molecular complexity index is 398. The Kier molecular flexibility index (Phi) is 4.98. The van der Waals surface area contributed by atoms with Crippen molar-refractivity contribution in [3.63, 3.8) is 0 Å². The average molecular weight is 277 g/mol. The van der Waals surface area contributed by atoms with Crippen LogP contribution < -0.4 is 5.73 Å². The molecule has 0 radical (unpaired) electrons. The average Bonchev–Trinajstić information content (AvgIpc) is 2.36. The van der Waals surface area contributed by atoms with Gasteiger partial charge in [0.1, 0.15) is 5.84 Å². The molecule has 6 nitrogen and oxygen atoms in total. The van der Waals surface area contributed by atoms with Gasteiger partial charge in [-0.15, -0.1) is 0 Å². The molecule has 3 N–H and O–H groups in total. The quantitative estimate of drug-likeness (QED) is 0.339. The number of unbranched alkanes of at least 4 members (excludes halogenated alkanes) is 1. The van der Waals surface area contributed by atoms with Crippen LogP contribution in [-0.2, 0) is 10.0 Å². The van der Waals surface area contributed by atoms with Crippen LogP contribution in [0.2, 0.25) is 0 Å². The number of oxime groups is 1. The van der Waals surface area contributed by atoms with E-state index < -0.39 is 15.4 Å². The minimum atomic E-state index is -3.14. The van der Waals surface area contributed by atoms with E-state index in [1.807, 2.05) is 13.8 Å². The smallest absolute Gasteiger partial charge is 0.214 e. The van der Waals surface area contributed by atoms with Gasteiger partial charge in [-0.1, -0.05) is 25.4 Å². The number of sulfonamides is 1. The van der Waals surface area contributed by atoms with Crippen molar-refractivity contribution in [1.82, 2.24) is 4.31 Å². The van der Waals surface area contributed by atoms with E-state index >= 15 is 0 Å². The summed E-state index contributed by atoms with van der Waals surface area (Å²) in [5, 5.41) is 11.8. The van der Waals surface area contributed by atoms with Crippen LogP contribution in [0.1, 0.15) is 39.5 Å². The topological polar surface area (TPSA) is 96.0 Å². The normalized spacial score (nSPS) is 22.0.